The van der Waals surface area contributed by atoms with Crippen molar-refractivity contribution in [3.05, 3.63) is 0 Å². The zero-order chi connectivity index (χ0) is 11.3. The molecule has 1 heterocycles. The Kier molecular flexibility index (Phi) is 4.32. The van der Waals surface area contributed by atoms with Gasteiger partial charge in [0.05, 0.1) is 13.2 Å². The summed E-state index contributed by atoms with van der Waals surface area (Å²) in [5, 5.41) is 10.2. The maximum Gasteiger partial charge on any atom is 0.332 e. The Bertz CT molecular complexity index is 240. The van der Waals surface area contributed by atoms with Crippen LogP contribution >= 0.6 is 0 Å². The molecule has 0 aromatic heterocycles. The second-order valence-corrected chi connectivity index (χ2v) is 3.27. The molecule has 15 heavy (non-hydrogen) atoms. The molecule has 1 fully saturated rings. The largest absolute Gasteiger partial charge is 0.480 e. The van der Waals surface area contributed by atoms with Gasteiger partial charge in [-0.25, -0.2) is 9.80 Å². The third-order valence-electron chi connectivity index (χ3n) is 1.98. The fraction of sp³-hybridized carbons (Fsp3) is 0.750. The van der Waals surface area contributed by atoms with Crippen LogP contribution in [0.15, 0.2) is 0 Å². The summed E-state index contributed by atoms with van der Waals surface area (Å²) in [6.07, 6.45) is 0. The average Bonchev–Trinajstić information content (AvgIpc) is 2.18. The van der Waals surface area contributed by atoms with Gasteiger partial charge in [0.15, 0.2) is 0 Å². The van der Waals surface area contributed by atoms with Crippen LogP contribution in [0.2, 0.25) is 0 Å². The number of carbonyl (C=O) groups is 2. The molecule has 0 spiro atoms. The lowest BCUT2D eigenvalue weighted by Crippen LogP contribution is -2.52. The van der Waals surface area contributed by atoms with Gasteiger partial charge in [-0.3, -0.25) is 10.2 Å². The summed E-state index contributed by atoms with van der Waals surface area (Å²) >= 11 is 0. The molecule has 0 unspecified atom stereocenters. The van der Waals surface area contributed by atoms with Crippen molar-refractivity contribution in [2.24, 2.45) is 0 Å². The van der Waals surface area contributed by atoms with Gasteiger partial charge in [0.2, 0.25) is 0 Å². The van der Waals surface area contributed by atoms with Crippen molar-refractivity contribution >= 4 is 12.0 Å². The molecular weight excluding hydrogens is 202 g/mol. The first kappa shape index (κ1) is 11.7. The molecule has 86 valence electrons. The Morgan fingerprint density at radius 3 is 2.60 bits per heavy atom. The minimum atomic E-state index is -1.03. The van der Waals surface area contributed by atoms with E-state index in [9.17, 15) is 9.59 Å². The van der Waals surface area contributed by atoms with E-state index in [4.69, 9.17) is 9.84 Å². The molecule has 7 nitrogen and oxygen atoms in total. The van der Waals surface area contributed by atoms with E-state index in [0.717, 1.165) is 4.90 Å². The first-order valence-corrected chi connectivity index (χ1v) is 4.66. The van der Waals surface area contributed by atoms with E-state index in [0.29, 0.717) is 26.3 Å². The maximum absolute atomic E-state index is 11.4. The van der Waals surface area contributed by atoms with Gasteiger partial charge in [-0.15, -0.1) is 0 Å². The zero-order valence-electron chi connectivity index (χ0n) is 8.60. The standard InChI is InChI=1S/C8H15N3O4/c1-10(6-7(12)13)8(14)9-11-2-4-15-5-3-11/h2-6H2,1H3,(H,9,14)(H,12,13). The predicted octanol–water partition coefficient (Wildman–Crippen LogP) is -1.04. The Morgan fingerprint density at radius 1 is 1.47 bits per heavy atom. The Labute approximate surface area is 87.6 Å². The van der Waals surface area contributed by atoms with E-state index in [1.807, 2.05) is 0 Å². The van der Waals surface area contributed by atoms with Crippen LogP contribution in [0, 0.1) is 0 Å². The van der Waals surface area contributed by atoms with Crippen molar-refractivity contribution in [2.45, 2.75) is 0 Å². The number of amides is 2. The number of aliphatic carboxylic acids is 1. The van der Waals surface area contributed by atoms with Crippen LogP contribution in [0.4, 0.5) is 4.79 Å². The molecule has 7 heteroatoms. The van der Waals surface area contributed by atoms with Crippen LogP contribution in [-0.2, 0) is 9.53 Å². The van der Waals surface area contributed by atoms with E-state index in [1.54, 1.807) is 5.01 Å². The summed E-state index contributed by atoms with van der Waals surface area (Å²) < 4.78 is 5.11. The topological polar surface area (TPSA) is 82.1 Å². The van der Waals surface area contributed by atoms with Crippen LogP contribution < -0.4 is 5.43 Å². The molecule has 0 radical (unpaired) electrons. The third kappa shape index (κ3) is 4.13. The Balaban J connectivity index is 2.30. The quantitative estimate of drug-likeness (QED) is 0.631. The zero-order valence-corrected chi connectivity index (χ0v) is 8.60. The van der Waals surface area contributed by atoms with Crippen molar-refractivity contribution in [3.63, 3.8) is 0 Å². The Hall–Kier alpha value is -1.34. The second-order valence-electron chi connectivity index (χ2n) is 3.27. The van der Waals surface area contributed by atoms with Gasteiger partial charge >= 0.3 is 12.0 Å². The van der Waals surface area contributed by atoms with E-state index in [-0.39, 0.29) is 6.54 Å². The van der Waals surface area contributed by atoms with Gasteiger partial charge in [-0.2, -0.15) is 0 Å². The number of carboxylic acids is 1. The summed E-state index contributed by atoms with van der Waals surface area (Å²) in [5.74, 6) is -1.03. The lowest BCUT2D eigenvalue weighted by Gasteiger charge is -2.28. The first-order valence-electron chi connectivity index (χ1n) is 4.66. The number of nitrogens with zero attached hydrogens (tertiary/aromatic N) is 2. The molecule has 2 amide bonds. The molecule has 1 rings (SSSR count). The number of urea groups is 1. The fourth-order valence-corrected chi connectivity index (χ4v) is 1.17. The van der Waals surface area contributed by atoms with E-state index in [2.05, 4.69) is 5.43 Å². The summed E-state index contributed by atoms with van der Waals surface area (Å²) in [6.45, 7) is 2.07. The van der Waals surface area contributed by atoms with Crippen LogP contribution in [-0.4, -0.2) is 66.9 Å². The predicted molar refractivity (Wildman–Crippen MR) is 51.2 cm³/mol. The van der Waals surface area contributed by atoms with E-state index >= 15 is 0 Å². The lowest BCUT2D eigenvalue weighted by molar-refractivity contribution is -0.137. The van der Waals surface area contributed by atoms with Gasteiger partial charge in [0, 0.05) is 20.1 Å². The minimum Gasteiger partial charge on any atom is -0.480 e. The molecule has 0 aliphatic carbocycles. The molecule has 1 aliphatic rings. The molecular formula is C8H15N3O4. The highest BCUT2D eigenvalue weighted by molar-refractivity contribution is 5.79. The summed E-state index contributed by atoms with van der Waals surface area (Å²) in [6, 6.07) is -0.417. The van der Waals surface area contributed by atoms with Gasteiger partial charge in [0.25, 0.3) is 0 Å². The number of hydrogen-bond acceptors (Lipinski definition) is 4. The average molecular weight is 217 g/mol. The highest BCUT2D eigenvalue weighted by Crippen LogP contribution is 1.94. The van der Waals surface area contributed by atoms with Crippen molar-refractivity contribution in [1.82, 2.24) is 15.3 Å². The molecule has 0 atom stereocenters. The smallest absolute Gasteiger partial charge is 0.332 e. The van der Waals surface area contributed by atoms with Crippen LogP contribution in [0.25, 0.3) is 0 Å². The highest BCUT2D eigenvalue weighted by atomic mass is 16.5. The van der Waals surface area contributed by atoms with Crippen LogP contribution in [0.5, 0.6) is 0 Å². The van der Waals surface area contributed by atoms with Crippen LogP contribution in [0.1, 0.15) is 0 Å². The number of nitrogens with one attached hydrogen (secondary N) is 1. The fourth-order valence-electron chi connectivity index (χ4n) is 1.17. The number of hydrogen-bond donors (Lipinski definition) is 2. The highest BCUT2D eigenvalue weighted by Gasteiger charge is 2.16. The third-order valence-corrected chi connectivity index (χ3v) is 1.98. The molecule has 1 aliphatic heterocycles. The second kappa shape index (κ2) is 5.52. The van der Waals surface area contributed by atoms with Gasteiger partial charge < -0.3 is 14.7 Å². The Morgan fingerprint density at radius 2 is 2.07 bits per heavy atom. The van der Waals surface area contributed by atoms with Crippen molar-refractivity contribution in [1.29, 1.82) is 0 Å². The summed E-state index contributed by atoms with van der Waals surface area (Å²) in [5.41, 5.74) is 2.60. The van der Waals surface area contributed by atoms with E-state index < -0.39 is 12.0 Å². The summed E-state index contributed by atoms with van der Waals surface area (Å²) in [4.78, 5) is 22.9. The number of hydrazine groups is 1. The monoisotopic (exact) mass is 217 g/mol. The number of likely N-dealkylation sites (N-methyl/N-ethyl adjacent to an activating group) is 1. The minimum absolute atomic E-state index is 0.309. The molecule has 0 bridgehead atoms. The number of carboxylic acid groups (broad SMARTS) is 1. The molecule has 2 N–H and O–H groups in total. The first-order chi connectivity index (χ1) is 7.09. The number of rotatable bonds is 3. The molecule has 1 saturated heterocycles. The lowest BCUT2D eigenvalue weighted by atomic mass is 10.5. The molecule has 0 saturated carbocycles. The van der Waals surface area contributed by atoms with Crippen LogP contribution in [0.3, 0.4) is 0 Å². The molecule has 0 aromatic carbocycles. The SMILES string of the molecule is CN(CC(=O)O)C(=O)NN1CCOCC1. The van der Waals surface area contributed by atoms with E-state index in [1.165, 1.54) is 7.05 Å². The van der Waals surface area contributed by atoms with Gasteiger partial charge in [-0.05, 0) is 0 Å². The summed E-state index contributed by atoms with van der Waals surface area (Å²) in [7, 11) is 1.43. The molecule has 0 aromatic rings. The van der Waals surface area contributed by atoms with Gasteiger partial charge in [-0.1, -0.05) is 0 Å². The number of morpholine rings is 1. The number of carbonyl (C=O) groups excluding carboxylic acids is 1. The van der Waals surface area contributed by atoms with Gasteiger partial charge in [0.1, 0.15) is 6.54 Å². The van der Waals surface area contributed by atoms with Crippen molar-refractivity contribution < 1.29 is 19.4 Å². The number of ether oxygens (including phenoxy) is 1. The normalized spacial score (nSPS) is 17.1. The maximum atomic E-state index is 11.4. The van der Waals surface area contributed by atoms with Crippen molar-refractivity contribution in [3.8, 4) is 0 Å². The van der Waals surface area contributed by atoms with Crippen molar-refractivity contribution in [2.75, 3.05) is 39.9 Å².